The highest BCUT2D eigenvalue weighted by molar-refractivity contribution is 14.1. The smallest absolute Gasteiger partial charge is 0.0888 e. The van der Waals surface area contributed by atoms with Gasteiger partial charge >= 0.3 is 0 Å². The number of hydrogen-bond acceptors (Lipinski definition) is 2. The maximum Gasteiger partial charge on any atom is 0.0888 e. The summed E-state index contributed by atoms with van der Waals surface area (Å²) in [4.78, 5) is 0. The molecule has 2 nitrogen and oxygen atoms in total. The van der Waals surface area contributed by atoms with E-state index >= 15 is 0 Å². The second-order valence-electron chi connectivity index (χ2n) is 2.76. The van der Waals surface area contributed by atoms with E-state index in [1.165, 1.54) is 12.8 Å². The lowest BCUT2D eigenvalue weighted by atomic mass is 10.1. The highest BCUT2D eigenvalue weighted by Crippen LogP contribution is 2.15. The van der Waals surface area contributed by atoms with Crippen LogP contribution in [0.25, 0.3) is 0 Å². The predicted octanol–water partition coefficient (Wildman–Crippen LogP) is 1.72. The SMILES string of the molecule is CCCCC[C@@H](I)[C@@H](O)CO. The van der Waals surface area contributed by atoms with Crippen LogP contribution in [-0.2, 0) is 0 Å². The highest BCUT2D eigenvalue weighted by Gasteiger charge is 2.13. The number of aliphatic hydroxyl groups excluding tert-OH is 2. The Morgan fingerprint density at radius 3 is 2.45 bits per heavy atom. The average molecular weight is 272 g/mol. The molecule has 0 bridgehead atoms. The third-order valence-electron chi connectivity index (χ3n) is 1.69. The van der Waals surface area contributed by atoms with Crippen molar-refractivity contribution >= 4 is 22.6 Å². The maximum atomic E-state index is 9.17. The number of rotatable bonds is 6. The molecular formula is C8H17IO2. The molecule has 0 rings (SSSR count). The molecule has 0 aromatic rings. The number of aliphatic hydroxyl groups is 2. The van der Waals surface area contributed by atoms with Gasteiger partial charge in [-0.3, -0.25) is 0 Å². The van der Waals surface area contributed by atoms with Gasteiger partial charge in [0, 0.05) is 3.92 Å². The molecule has 0 aliphatic rings. The summed E-state index contributed by atoms with van der Waals surface area (Å²) in [5.74, 6) is 0. The lowest BCUT2D eigenvalue weighted by Crippen LogP contribution is -2.23. The molecule has 2 atom stereocenters. The van der Waals surface area contributed by atoms with Crippen LogP contribution < -0.4 is 0 Å². The maximum absolute atomic E-state index is 9.17. The number of halogens is 1. The van der Waals surface area contributed by atoms with E-state index in [2.05, 4.69) is 29.5 Å². The zero-order valence-corrected chi connectivity index (χ0v) is 9.12. The first-order valence-corrected chi connectivity index (χ1v) is 5.40. The van der Waals surface area contributed by atoms with Gasteiger partial charge in [-0.05, 0) is 6.42 Å². The van der Waals surface area contributed by atoms with Crippen molar-refractivity contribution in [1.29, 1.82) is 0 Å². The van der Waals surface area contributed by atoms with E-state index in [0.717, 1.165) is 12.8 Å². The van der Waals surface area contributed by atoms with Gasteiger partial charge in [-0.2, -0.15) is 0 Å². The third-order valence-corrected chi connectivity index (χ3v) is 3.14. The van der Waals surface area contributed by atoms with Crippen LogP contribution in [-0.4, -0.2) is 26.8 Å². The summed E-state index contributed by atoms with van der Waals surface area (Å²) in [6.45, 7) is 2.05. The molecule has 0 saturated heterocycles. The van der Waals surface area contributed by atoms with E-state index in [4.69, 9.17) is 10.2 Å². The van der Waals surface area contributed by atoms with Gasteiger partial charge in [-0.15, -0.1) is 0 Å². The Morgan fingerprint density at radius 1 is 1.36 bits per heavy atom. The Morgan fingerprint density at radius 2 is 2.00 bits per heavy atom. The van der Waals surface area contributed by atoms with E-state index in [9.17, 15) is 0 Å². The molecule has 0 radical (unpaired) electrons. The minimum atomic E-state index is -0.535. The summed E-state index contributed by atoms with van der Waals surface area (Å²) in [6, 6.07) is 0. The van der Waals surface area contributed by atoms with E-state index in [0.29, 0.717) is 0 Å². The van der Waals surface area contributed by atoms with Crippen LogP contribution in [0.15, 0.2) is 0 Å². The van der Waals surface area contributed by atoms with Crippen molar-refractivity contribution in [3.05, 3.63) is 0 Å². The molecule has 0 spiro atoms. The quantitative estimate of drug-likeness (QED) is 0.439. The number of unbranched alkanes of at least 4 members (excludes halogenated alkanes) is 2. The van der Waals surface area contributed by atoms with Crippen LogP contribution in [0.2, 0.25) is 0 Å². The molecule has 0 fully saturated rings. The fourth-order valence-electron chi connectivity index (χ4n) is 0.896. The molecule has 0 aliphatic carbocycles. The van der Waals surface area contributed by atoms with E-state index in [1.54, 1.807) is 0 Å². The summed E-state index contributed by atoms with van der Waals surface area (Å²) >= 11 is 2.20. The average Bonchev–Trinajstić information content (AvgIpc) is 2.03. The highest BCUT2D eigenvalue weighted by atomic mass is 127. The van der Waals surface area contributed by atoms with Crippen LogP contribution in [0.4, 0.5) is 0 Å². The zero-order valence-electron chi connectivity index (χ0n) is 6.96. The predicted molar refractivity (Wildman–Crippen MR) is 55.0 cm³/mol. The van der Waals surface area contributed by atoms with E-state index in [-0.39, 0.29) is 10.5 Å². The van der Waals surface area contributed by atoms with Crippen molar-refractivity contribution in [1.82, 2.24) is 0 Å². The van der Waals surface area contributed by atoms with Crippen LogP contribution in [0.1, 0.15) is 32.6 Å². The van der Waals surface area contributed by atoms with Crippen LogP contribution >= 0.6 is 22.6 Å². The standard InChI is InChI=1S/C8H17IO2/c1-2-3-4-5-7(9)8(11)6-10/h7-8,10-11H,2-6H2,1H3/t7-,8+/m1/s1. The van der Waals surface area contributed by atoms with Gasteiger partial charge in [-0.25, -0.2) is 0 Å². The third kappa shape index (κ3) is 5.87. The largest absolute Gasteiger partial charge is 0.394 e. The lowest BCUT2D eigenvalue weighted by Gasteiger charge is -2.13. The summed E-state index contributed by atoms with van der Waals surface area (Å²) in [7, 11) is 0. The monoisotopic (exact) mass is 272 g/mol. The van der Waals surface area contributed by atoms with E-state index in [1.807, 2.05) is 0 Å². The molecule has 0 aromatic carbocycles. The Bertz CT molecular complexity index is 88.2. The molecule has 2 N–H and O–H groups in total. The van der Waals surface area contributed by atoms with Crippen molar-refractivity contribution in [2.75, 3.05) is 6.61 Å². The van der Waals surface area contributed by atoms with Crippen molar-refractivity contribution in [3.8, 4) is 0 Å². The molecule has 0 unspecified atom stereocenters. The lowest BCUT2D eigenvalue weighted by molar-refractivity contribution is 0.0943. The Hall–Kier alpha value is 0.650. The summed E-state index contributed by atoms with van der Waals surface area (Å²) in [5.41, 5.74) is 0. The van der Waals surface area contributed by atoms with Gasteiger partial charge in [-0.1, -0.05) is 48.8 Å². The molecule has 0 amide bonds. The fraction of sp³-hybridized carbons (Fsp3) is 1.00. The van der Waals surface area contributed by atoms with Crippen molar-refractivity contribution in [3.63, 3.8) is 0 Å². The topological polar surface area (TPSA) is 40.5 Å². The molecule has 3 heteroatoms. The minimum absolute atomic E-state index is 0.111. The molecule has 0 heterocycles. The second kappa shape index (κ2) is 7.31. The van der Waals surface area contributed by atoms with Gasteiger partial charge in [0.15, 0.2) is 0 Å². The van der Waals surface area contributed by atoms with Gasteiger partial charge in [0.2, 0.25) is 0 Å². The second-order valence-corrected chi connectivity index (χ2v) is 4.36. The number of alkyl halides is 1. The first-order valence-electron chi connectivity index (χ1n) is 4.15. The Labute approximate surface area is 82.1 Å². The molecule has 0 saturated carbocycles. The molecule has 0 aromatic heterocycles. The minimum Gasteiger partial charge on any atom is -0.394 e. The first-order chi connectivity index (χ1) is 5.22. The van der Waals surface area contributed by atoms with Gasteiger partial charge < -0.3 is 10.2 Å². The zero-order chi connectivity index (χ0) is 8.69. The normalized spacial score (nSPS) is 16.4. The van der Waals surface area contributed by atoms with Crippen molar-refractivity contribution in [2.24, 2.45) is 0 Å². The molecule has 0 aliphatic heterocycles. The molecule has 11 heavy (non-hydrogen) atoms. The fourth-order valence-corrected chi connectivity index (χ4v) is 1.56. The van der Waals surface area contributed by atoms with Crippen molar-refractivity contribution < 1.29 is 10.2 Å². The van der Waals surface area contributed by atoms with Crippen molar-refractivity contribution in [2.45, 2.75) is 42.6 Å². The Balaban J connectivity index is 3.28. The number of hydrogen-bond donors (Lipinski definition) is 2. The van der Waals surface area contributed by atoms with Crippen LogP contribution in [0, 0.1) is 0 Å². The molecule has 68 valence electrons. The first kappa shape index (κ1) is 11.6. The van der Waals surface area contributed by atoms with E-state index < -0.39 is 6.10 Å². The summed E-state index contributed by atoms with van der Waals surface area (Å²) in [6.07, 6.45) is 4.06. The Kier molecular flexibility index (Phi) is 7.74. The van der Waals surface area contributed by atoms with Gasteiger partial charge in [0.05, 0.1) is 12.7 Å². The van der Waals surface area contributed by atoms with Gasteiger partial charge in [0.25, 0.3) is 0 Å². The van der Waals surface area contributed by atoms with Gasteiger partial charge in [0.1, 0.15) is 0 Å². The van der Waals surface area contributed by atoms with Crippen LogP contribution in [0.3, 0.4) is 0 Å². The van der Waals surface area contributed by atoms with Crippen LogP contribution in [0.5, 0.6) is 0 Å². The summed E-state index contributed by atoms with van der Waals surface area (Å²) in [5, 5.41) is 17.8. The molecular weight excluding hydrogens is 255 g/mol. The summed E-state index contributed by atoms with van der Waals surface area (Å²) < 4.78 is 0.212.